The Kier molecular flexibility index (Phi) is 4.35. The molecule has 0 radical (unpaired) electrons. The van der Waals surface area contributed by atoms with Gasteiger partial charge in [-0.05, 0) is 17.5 Å². The maximum atomic E-state index is 10.6. The summed E-state index contributed by atoms with van der Waals surface area (Å²) in [4.78, 5) is 4.01. The number of benzene rings is 1. The molecule has 1 aromatic heterocycles. The van der Waals surface area contributed by atoms with Crippen molar-refractivity contribution in [1.29, 1.82) is 0 Å². The van der Waals surface area contributed by atoms with Gasteiger partial charge in [0.1, 0.15) is 11.9 Å². The van der Waals surface area contributed by atoms with E-state index in [2.05, 4.69) is 4.98 Å². The van der Waals surface area contributed by atoms with Crippen molar-refractivity contribution in [2.24, 2.45) is 5.41 Å². The first-order valence-electron chi connectivity index (χ1n) is 6.46. The molecule has 0 fully saturated rings. The first kappa shape index (κ1) is 14.9. The lowest BCUT2D eigenvalue weighted by atomic mass is 9.88. The van der Waals surface area contributed by atoms with Crippen LogP contribution in [0.4, 0.5) is 0 Å². The summed E-state index contributed by atoms with van der Waals surface area (Å²) in [6.45, 7) is 5.87. The molecule has 2 aromatic rings. The van der Waals surface area contributed by atoms with Gasteiger partial charge in [-0.15, -0.1) is 0 Å². The molecular formula is C15H19ClN2O2. The van der Waals surface area contributed by atoms with Crippen molar-refractivity contribution in [2.45, 2.75) is 33.1 Å². The number of aliphatic hydroxyl groups excluding tert-OH is 1. The molecule has 1 heterocycles. The molecule has 108 valence electrons. The number of para-hydroxylation sites is 1. The van der Waals surface area contributed by atoms with Crippen LogP contribution in [0.3, 0.4) is 0 Å². The molecule has 5 heteroatoms. The van der Waals surface area contributed by atoms with Crippen LogP contribution in [0.1, 0.15) is 27.0 Å². The quantitative estimate of drug-likeness (QED) is 0.938. The standard InChI is InChI=1S/C15H19ClN2O2/c1-15(2,3)13(19)14(18-9-8-17-10-18)20-12-7-5-4-6-11(12)16/h4-10,13-14,19H,1-3H3. The van der Waals surface area contributed by atoms with E-state index in [1.807, 2.05) is 32.9 Å². The number of rotatable bonds is 4. The summed E-state index contributed by atoms with van der Waals surface area (Å²) in [6, 6.07) is 7.21. The van der Waals surface area contributed by atoms with E-state index in [4.69, 9.17) is 16.3 Å². The van der Waals surface area contributed by atoms with Gasteiger partial charge in [0.15, 0.2) is 0 Å². The van der Waals surface area contributed by atoms with E-state index in [1.165, 1.54) is 0 Å². The van der Waals surface area contributed by atoms with E-state index in [0.717, 1.165) is 0 Å². The Balaban J connectivity index is 2.31. The zero-order valence-corrected chi connectivity index (χ0v) is 12.6. The summed E-state index contributed by atoms with van der Waals surface area (Å²) in [5.74, 6) is 0.538. The van der Waals surface area contributed by atoms with Gasteiger partial charge in [0.2, 0.25) is 6.23 Å². The number of aromatic nitrogens is 2. The van der Waals surface area contributed by atoms with Crippen LogP contribution in [-0.4, -0.2) is 20.8 Å². The molecular weight excluding hydrogens is 276 g/mol. The Morgan fingerprint density at radius 1 is 1.30 bits per heavy atom. The van der Waals surface area contributed by atoms with E-state index >= 15 is 0 Å². The number of halogens is 1. The van der Waals surface area contributed by atoms with Crippen LogP contribution < -0.4 is 4.74 Å². The van der Waals surface area contributed by atoms with Crippen molar-refractivity contribution in [2.75, 3.05) is 0 Å². The second kappa shape index (κ2) is 5.85. The van der Waals surface area contributed by atoms with Crippen molar-refractivity contribution < 1.29 is 9.84 Å². The predicted molar refractivity (Wildman–Crippen MR) is 78.8 cm³/mol. The summed E-state index contributed by atoms with van der Waals surface area (Å²) in [7, 11) is 0. The fraction of sp³-hybridized carbons (Fsp3) is 0.400. The maximum Gasteiger partial charge on any atom is 0.203 e. The molecule has 2 atom stereocenters. The van der Waals surface area contributed by atoms with Crippen molar-refractivity contribution in [3.63, 3.8) is 0 Å². The van der Waals surface area contributed by atoms with E-state index in [1.54, 1.807) is 35.4 Å². The third kappa shape index (κ3) is 3.32. The normalized spacial score (nSPS) is 14.8. The van der Waals surface area contributed by atoms with Crippen molar-refractivity contribution >= 4 is 11.6 Å². The Morgan fingerprint density at radius 3 is 2.55 bits per heavy atom. The summed E-state index contributed by atoms with van der Waals surface area (Å²) in [5, 5.41) is 11.1. The number of hydrogen-bond acceptors (Lipinski definition) is 3. The minimum atomic E-state index is -0.715. The average molecular weight is 295 g/mol. The van der Waals surface area contributed by atoms with E-state index in [9.17, 15) is 5.11 Å². The zero-order valence-electron chi connectivity index (χ0n) is 11.8. The lowest BCUT2D eigenvalue weighted by Gasteiger charge is -2.33. The van der Waals surface area contributed by atoms with Crippen LogP contribution in [0.25, 0.3) is 0 Å². The van der Waals surface area contributed by atoms with Crippen molar-refractivity contribution in [1.82, 2.24) is 9.55 Å². The molecule has 0 aliphatic rings. The molecule has 0 saturated heterocycles. The Labute approximate surface area is 124 Å². The predicted octanol–water partition coefficient (Wildman–Crippen LogP) is 3.52. The summed E-state index contributed by atoms with van der Waals surface area (Å²) in [6.07, 6.45) is 3.73. The van der Waals surface area contributed by atoms with Gasteiger partial charge in [0, 0.05) is 12.4 Å². The first-order chi connectivity index (χ1) is 9.39. The van der Waals surface area contributed by atoms with Gasteiger partial charge in [-0.1, -0.05) is 44.5 Å². The Morgan fingerprint density at radius 2 is 2.00 bits per heavy atom. The second-order valence-corrected chi connectivity index (χ2v) is 6.17. The lowest BCUT2D eigenvalue weighted by molar-refractivity contribution is -0.0674. The molecule has 20 heavy (non-hydrogen) atoms. The van der Waals surface area contributed by atoms with Crippen LogP contribution in [-0.2, 0) is 0 Å². The third-order valence-corrected chi connectivity index (χ3v) is 3.37. The van der Waals surface area contributed by atoms with Crippen LogP contribution >= 0.6 is 11.6 Å². The largest absolute Gasteiger partial charge is 0.466 e. The van der Waals surface area contributed by atoms with Crippen LogP contribution in [0.15, 0.2) is 43.0 Å². The Bertz CT molecular complexity index is 549. The van der Waals surface area contributed by atoms with Crippen LogP contribution in [0, 0.1) is 5.41 Å². The van der Waals surface area contributed by atoms with E-state index in [0.29, 0.717) is 10.8 Å². The van der Waals surface area contributed by atoms with Crippen molar-refractivity contribution in [3.05, 3.63) is 48.0 Å². The fourth-order valence-corrected chi connectivity index (χ4v) is 1.99. The monoisotopic (exact) mass is 294 g/mol. The molecule has 4 nitrogen and oxygen atoms in total. The highest BCUT2D eigenvalue weighted by Crippen LogP contribution is 2.33. The van der Waals surface area contributed by atoms with Crippen LogP contribution in [0.2, 0.25) is 5.02 Å². The fourth-order valence-electron chi connectivity index (χ4n) is 1.81. The molecule has 0 saturated carbocycles. The van der Waals surface area contributed by atoms with Crippen molar-refractivity contribution in [3.8, 4) is 5.75 Å². The number of aliphatic hydroxyl groups is 1. The molecule has 0 bridgehead atoms. The minimum absolute atomic E-state index is 0.337. The number of ether oxygens (including phenoxy) is 1. The summed E-state index contributed by atoms with van der Waals surface area (Å²) in [5.41, 5.74) is -0.337. The van der Waals surface area contributed by atoms with Gasteiger partial charge in [0.25, 0.3) is 0 Å². The SMILES string of the molecule is CC(C)(C)C(O)C(Oc1ccccc1Cl)n1ccnc1. The molecule has 2 unspecified atom stereocenters. The highest BCUT2D eigenvalue weighted by Gasteiger charge is 2.33. The van der Waals surface area contributed by atoms with Gasteiger partial charge in [-0.2, -0.15) is 0 Å². The third-order valence-electron chi connectivity index (χ3n) is 3.06. The Hall–Kier alpha value is -1.52. The summed E-state index contributed by atoms with van der Waals surface area (Å²) < 4.78 is 7.65. The molecule has 1 aromatic carbocycles. The molecule has 2 rings (SSSR count). The van der Waals surface area contributed by atoms with Crippen LogP contribution in [0.5, 0.6) is 5.75 Å². The van der Waals surface area contributed by atoms with E-state index < -0.39 is 12.3 Å². The zero-order chi connectivity index (χ0) is 14.8. The highest BCUT2D eigenvalue weighted by molar-refractivity contribution is 6.32. The summed E-state index contributed by atoms with van der Waals surface area (Å²) >= 11 is 6.12. The van der Waals surface area contributed by atoms with Gasteiger partial charge < -0.3 is 9.84 Å². The number of hydrogen-bond donors (Lipinski definition) is 1. The van der Waals surface area contributed by atoms with Gasteiger partial charge in [-0.3, -0.25) is 4.57 Å². The molecule has 0 spiro atoms. The minimum Gasteiger partial charge on any atom is -0.466 e. The second-order valence-electron chi connectivity index (χ2n) is 5.76. The first-order valence-corrected chi connectivity index (χ1v) is 6.84. The lowest BCUT2D eigenvalue weighted by Crippen LogP contribution is -2.38. The van der Waals surface area contributed by atoms with Gasteiger partial charge in [-0.25, -0.2) is 4.98 Å². The average Bonchev–Trinajstić information content (AvgIpc) is 2.89. The molecule has 0 aliphatic carbocycles. The van der Waals surface area contributed by atoms with E-state index in [-0.39, 0.29) is 5.41 Å². The molecule has 0 aliphatic heterocycles. The smallest absolute Gasteiger partial charge is 0.203 e. The molecule has 1 N–H and O–H groups in total. The number of nitrogens with zero attached hydrogens (tertiary/aromatic N) is 2. The number of imidazole rings is 1. The topological polar surface area (TPSA) is 47.3 Å². The van der Waals surface area contributed by atoms with Gasteiger partial charge >= 0.3 is 0 Å². The molecule has 0 amide bonds. The van der Waals surface area contributed by atoms with Gasteiger partial charge in [0.05, 0.1) is 11.3 Å². The highest BCUT2D eigenvalue weighted by atomic mass is 35.5. The maximum absolute atomic E-state index is 10.6.